The second-order valence-corrected chi connectivity index (χ2v) is 8.42. The topological polar surface area (TPSA) is 78.6 Å². The number of hydrogen-bond donors (Lipinski definition) is 2. The maximum absolute atomic E-state index is 5.92. The number of hydrogen-bond acceptors (Lipinski definition) is 5. The van der Waals surface area contributed by atoms with Crippen molar-refractivity contribution in [3.05, 3.63) is 35.2 Å². The molecule has 1 fully saturated rings. The van der Waals surface area contributed by atoms with E-state index in [1.54, 1.807) is 7.05 Å². The number of rotatable bonds is 7. The molecule has 30 heavy (non-hydrogen) atoms. The van der Waals surface area contributed by atoms with Gasteiger partial charge in [0.1, 0.15) is 0 Å². The van der Waals surface area contributed by atoms with Crippen molar-refractivity contribution in [2.45, 2.75) is 45.1 Å². The summed E-state index contributed by atoms with van der Waals surface area (Å²) in [6, 6.07) is 7.39. The van der Waals surface area contributed by atoms with E-state index in [0.29, 0.717) is 29.7 Å². The van der Waals surface area contributed by atoms with E-state index < -0.39 is 0 Å². The van der Waals surface area contributed by atoms with Crippen LogP contribution in [0.5, 0.6) is 0 Å². The van der Waals surface area contributed by atoms with E-state index in [0.717, 1.165) is 18.1 Å². The molecule has 2 heterocycles. The van der Waals surface area contributed by atoms with Gasteiger partial charge in [0.05, 0.1) is 0 Å². The number of halogens is 2. The third kappa shape index (κ3) is 7.09. The normalized spacial score (nSPS) is 15.5. The summed E-state index contributed by atoms with van der Waals surface area (Å²) < 4.78 is 5.36. The van der Waals surface area contributed by atoms with Gasteiger partial charge >= 0.3 is 0 Å². The zero-order valence-electron chi connectivity index (χ0n) is 17.9. The number of nitrogens with zero attached hydrogens (tertiary/aromatic N) is 4. The molecule has 0 amide bonds. The SMILES string of the molecule is CN=C(NCCc1nc(-c2ccc(Cl)cc2)no1)NCC(C)(C)N1CCCCC1.I. The molecule has 7 nitrogen and oxygen atoms in total. The summed E-state index contributed by atoms with van der Waals surface area (Å²) in [6.07, 6.45) is 4.55. The number of nitrogens with one attached hydrogen (secondary N) is 2. The molecule has 166 valence electrons. The fourth-order valence-corrected chi connectivity index (χ4v) is 3.62. The van der Waals surface area contributed by atoms with E-state index in [2.05, 4.69) is 44.5 Å². The summed E-state index contributed by atoms with van der Waals surface area (Å²) in [4.78, 5) is 11.3. The number of likely N-dealkylation sites (tertiary alicyclic amines) is 1. The van der Waals surface area contributed by atoms with Crippen LogP contribution in [0, 0.1) is 0 Å². The predicted octanol–water partition coefficient (Wildman–Crippen LogP) is 3.98. The first-order valence-corrected chi connectivity index (χ1v) is 10.6. The molecular weight excluding hydrogens is 515 g/mol. The van der Waals surface area contributed by atoms with Crippen molar-refractivity contribution in [2.75, 3.05) is 33.2 Å². The molecule has 1 aliphatic rings. The monoisotopic (exact) mass is 546 g/mol. The Hall–Kier alpha value is -1.39. The van der Waals surface area contributed by atoms with Crippen LogP contribution in [0.25, 0.3) is 11.4 Å². The van der Waals surface area contributed by atoms with Crippen LogP contribution in [-0.2, 0) is 6.42 Å². The van der Waals surface area contributed by atoms with E-state index >= 15 is 0 Å². The van der Waals surface area contributed by atoms with Crippen LogP contribution in [-0.4, -0.2) is 59.8 Å². The third-order valence-electron chi connectivity index (χ3n) is 5.33. The van der Waals surface area contributed by atoms with Gasteiger partial charge in [-0.1, -0.05) is 23.2 Å². The van der Waals surface area contributed by atoms with Crippen molar-refractivity contribution >= 4 is 41.5 Å². The Morgan fingerprint density at radius 1 is 1.17 bits per heavy atom. The van der Waals surface area contributed by atoms with Gasteiger partial charge in [-0.05, 0) is 64.0 Å². The molecule has 1 aliphatic heterocycles. The summed E-state index contributed by atoms with van der Waals surface area (Å²) in [5.41, 5.74) is 0.979. The average Bonchev–Trinajstić information content (AvgIpc) is 3.20. The minimum atomic E-state index is 0. The van der Waals surface area contributed by atoms with E-state index in [1.165, 1.54) is 32.4 Å². The van der Waals surface area contributed by atoms with Crippen LogP contribution in [0.1, 0.15) is 39.0 Å². The lowest BCUT2D eigenvalue weighted by Crippen LogP contribution is -2.55. The lowest BCUT2D eigenvalue weighted by molar-refractivity contribution is 0.0982. The van der Waals surface area contributed by atoms with Gasteiger partial charge in [-0.3, -0.25) is 9.89 Å². The second kappa shape index (κ2) is 11.9. The predicted molar refractivity (Wildman–Crippen MR) is 133 cm³/mol. The molecular formula is C21H32ClIN6O. The highest BCUT2D eigenvalue weighted by Gasteiger charge is 2.27. The molecule has 1 aromatic carbocycles. The molecule has 0 radical (unpaired) electrons. The fourth-order valence-electron chi connectivity index (χ4n) is 3.49. The van der Waals surface area contributed by atoms with Crippen molar-refractivity contribution in [1.29, 1.82) is 0 Å². The molecule has 2 aromatic rings. The lowest BCUT2D eigenvalue weighted by atomic mass is 9.98. The van der Waals surface area contributed by atoms with E-state index in [1.807, 2.05) is 24.3 Å². The van der Waals surface area contributed by atoms with Crippen LogP contribution < -0.4 is 10.6 Å². The molecule has 2 N–H and O–H groups in total. The third-order valence-corrected chi connectivity index (χ3v) is 5.58. The quantitative estimate of drug-likeness (QED) is 0.311. The van der Waals surface area contributed by atoms with Crippen molar-refractivity contribution < 1.29 is 4.52 Å². The fraction of sp³-hybridized carbons (Fsp3) is 0.571. The van der Waals surface area contributed by atoms with Gasteiger partial charge in [0.15, 0.2) is 5.96 Å². The number of piperidine rings is 1. The van der Waals surface area contributed by atoms with Crippen molar-refractivity contribution in [1.82, 2.24) is 25.7 Å². The first kappa shape index (κ1) is 24.9. The summed E-state index contributed by atoms with van der Waals surface area (Å²) in [5.74, 6) is 1.95. The molecule has 0 spiro atoms. The average molecular weight is 547 g/mol. The Balaban J connectivity index is 0.00000320. The minimum absolute atomic E-state index is 0. The first-order chi connectivity index (χ1) is 14.0. The number of guanidine groups is 1. The molecule has 0 unspecified atom stereocenters. The second-order valence-electron chi connectivity index (χ2n) is 7.98. The Morgan fingerprint density at radius 2 is 1.87 bits per heavy atom. The van der Waals surface area contributed by atoms with Gasteiger partial charge in [0, 0.05) is 42.7 Å². The highest BCUT2D eigenvalue weighted by Crippen LogP contribution is 2.20. The summed E-state index contributed by atoms with van der Waals surface area (Å²) in [7, 11) is 1.79. The van der Waals surface area contributed by atoms with Gasteiger partial charge in [-0.15, -0.1) is 24.0 Å². The van der Waals surface area contributed by atoms with Crippen LogP contribution in [0.15, 0.2) is 33.8 Å². The highest BCUT2D eigenvalue weighted by atomic mass is 127. The Labute approximate surface area is 201 Å². The highest BCUT2D eigenvalue weighted by molar-refractivity contribution is 14.0. The summed E-state index contributed by atoms with van der Waals surface area (Å²) in [5, 5.41) is 11.5. The van der Waals surface area contributed by atoms with Gasteiger partial charge in [-0.25, -0.2) is 0 Å². The van der Waals surface area contributed by atoms with E-state index in [4.69, 9.17) is 16.1 Å². The van der Waals surface area contributed by atoms with Crippen LogP contribution in [0.4, 0.5) is 0 Å². The van der Waals surface area contributed by atoms with Crippen molar-refractivity contribution in [3.63, 3.8) is 0 Å². The summed E-state index contributed by atoms with van der Waals surface area (Å²) in [6.45, 7) is 8.42. The van der Waals surface area contributed by atoms with Crippen molar-refractivity contribution in [2.24, 2.45) is 4.99 Å². The maximum atomic E-state index is 5.92. The van der Waals surface area contributed by atoms with Gasteiger partial charge in [-0.2, -0.15) is 4.98 Å². The first-order valence-electron chi connectivity index (χ1n) is 10.3. The van der Waals surface area contributed by atoms with Gasteiger partial charge in [0.25, 0.3) is 0 Å². The van der Waals surface area contributed by atoms with Crippen LogP contribution in [0.3, 0.4) is 0 Å². The van der Waals surface area contributed by atoms with Crippen LogP contribution in [0.2, 0.25) is 5.02 Å². The van der Waals surface area contributed by atoms with Gasteiger partial charge < -0.3 is 15.2 Å². The smallest absolute Gasteiger partial charge is 0.228 e. The number of aromatic nitrogens is 2. The van der Waals surface area contributed by atoms with E-state index in [9.17, 15) is 0 Å². The minimum Gasteiger partial charge on any atom is -0.356 e. The number of aliphatic imine (C=N–C) groups is 1. The zero-order chi connectivity index (χ0) is 20.7. The molecule has 1 aromatic heterocycles. The largest absolute Gasteiger partial charge is 0.356 e. The molecule has 3 rings (SSSR count). The maximum Gasteiger partial charge on any atom is 0.228 e. The molecule has 9 heteroatoms. The molecule has 0 aliphatic carbocycles. The van der Waals surface area contributed by atoms with E-state index in [-0.39, 0.29) is 29.5 Å². The molecule has 0 atom stereocenters. The molecule has 1 saturated heterocycles. The van der Waals surface area contributed by atoms with Gasteiger partial charge in [0.2, 0.25) is 11.7 Å². The van der Waals surface area contributed by atoms with Crippen molar-refractivity contribution in [3.8, 4) is 11.4 Å². The Morgan fingerprint density at radius 3 is 2.53 bits per heavy atom. The van der Waals surface area contributed by atoms with Crippen LogP contribution >= 0.6 is 35.6 Å². The Kier molecular flexibility index (Phi) is 9.83. The Bertz CT molecular complexity index is 802. The zero-order valence-corrected chi connectivity index (χ0v) is 21.0. The number of benzene rings is 1. The summed E-state index contributed by atoms with van der Waals surface area (Å²) >= 11 is 5.92. The molecule has 0 saturated carbocycles. The standard InChI is InChI=1S/C21H31ClN6O.HI/c1-21(2,28-13-5-4-6-14-28)15-25-20(23-3)24-12-11-18-26-19(27-29-18)16-7-9-17(22)10-8-16;/h7-10H,4-6,11-15H2,1-3H3,(H2,23,24,25);1H. The molecule has 0 bridgehead atoms. The lowest BCUT2D eigenvalue weighted by Gasteiger charge is -2.41.